The number of nitro groups is 1. The molecule has 8 nitrogen and oxygen atoms in total. The van der Waals surface area contributed by atoms with Crippen LogP contribution in [0.15, 0.2) is 76.6 Å². The average molecular weight is 492 g/mol. The van der Waals surface area contributed by atoms with Crippen molar-refractivity contribution >= 4 is 22.8 Å². The van der Waals surface area contributed by atoms with Crippen molar-refractivity contribution in [1.82, 2.24) is 9.66 Å². The van der Waals surface area contributed by atoms with Crippen LogP contribution in [-0.2, 0) is 6.18 Å². The van der Waals surface area contributed by atoms with E-state index in [1.807, 2.05) is 0 Å². The SMILES string of the molecule is C#CCOc1c(C=Nn2c(-c3cccc(C(F)(F)F)c3)nc3ccccc3c2=O)cccc1[N+](=O)[O-]. The molecule has 0 radical (unpaired) electrons. The van der Waals surface area contributed by atoms with Crippen LogP contribution in [0.4, 0.5) is 18.9 Å². The van der Waals surface area contributed by atoms with Gasteiger partial charge < -0.3 is 4.74 Å². The minimum atomic E-state index is -4.62. The van der Waals surface area contributed by atoms with E-state index in [1.54, 1.807) is 18.2 Å². The molecular weight excluding hydrogens is 477 g/mol. The van der Waals surface area contributed by atoms with Crippen molar-refractivity contribution in [3.8, 4) is 29.5 Å². The number of benzene rings is 3. The maximum atomic E-state index is 13.3. The lowest BCUT2D eigenvalue weighted by Gasteiger charge is -2.12. The maximum Gasteiger partial charge on any atom is 0.416 e. The minimum Gasteiger partial charge on any atom is -0.473 e. The van der Waals surface area contributed by atoms with Crippen LogP contribution in [0, 0.1) is 22.5 Å². The summed E-state index contributed by atoms with van der Waals surface area (Å²) in [6.45, 7) is -0.265. The molecule has 1 aromatic heterocycles. The van der Waals surface area contributed by atoms with Crippen LogP contribution in [0.3, 0.4) is 0 Å². The third-order valence-corrected chi connectivity index (χ3v) is 5.04. The summed E-state index contributed by atoms with van der Waals surface area (Å²) in [7, 11) is 0. The van der Waals surface area contributed by atoms with Crippen molar-refractivity contribution in [2.75, 3.05) is 6.61 Å². The monoisotopic (exact) mass is 492 g/mol. The van der Waals surface area contributed by atoms with E-state index in [-0.39, 0.29) is 45.9 Å². The summed E-state index contributed by atoms with van der Waals surface area (Å²) in [6.07, 6.45) is 1.71. The fraction of sp³-hybridized carbons (Fsp3) is 0.0800. The number of fused-ring (bicyclic) bond motifs is 1. The van der Waals surface area contributed by atoms with Crippen LogP contribution in [0.5, 0.6) is 5.75 Å². The Kier molecular flexibility index (Phi) is 6.52. The van der Waals surface area contributed by atoms with Crippen LogP contribution in [-0.4, -0.2) is 27.4 Å². The Morgan fingerprint density at radius 2 is 1.89 bits per heavy atom. The first kappa shape index (κ1) is 24.2. The topological polar surface area (TPSA) is 99.6 Å². The molecule has 0 unspecified atom stereocenters. The predicted octanol–water partition coefficient (Wildman–Crippen LogP) is 4.88. The lowest BCUT2D eigenvalue weighted by Crippen LogP contribution is -2.20. The van der Waals surface area contributed by atoms with Gasteiger partial charge in [0.05, 0.1) is 27.6 Å². The second-order valence-electron chi connectivity index (χ2n) is 7.34. The summed E-state index contributed by atoms with van der Waals surface area (Å²) in [5.41, 5.74) is -1.59. The molecule has 36 heavy (non-hydrogen) atoms. The number of rotatable bonds is 6. The fourth-order valence-corrected chi connectivity index (χ4v) is 3.43. The number of halogens is 3. The molecule has 0 fully saturated rings. The third-order valence-electron chi connectivity index (χ3n) is 5.04. The number of aromatic nitrogens is 2. The number of nitrogens with zero attached hydrogens (tertiary/aromatic N) is 4. The number of nitro benzene ring substituents is 1. The zero-order valence-electron chi connectivity index (χ0n) is 18.3. The Morgan fingerprint density at radius 1 is 1.14 bits per heavy atom. The highest BCUT2D eigenvalue weighted by Gasteiger charge is 2.31. The van der Waals surface area contributed by atoms with Gasteiger partial charge in [0.15, 0.2) is 5.82 Å². The first-order chi connectivity index (χ1) is 17.2. The number of hydrogen-bond donors (Lipinski definition) is 0. The zero-order chi connectivity index (χ0) is 25.9. The van der Waals surface area contributed by atoms with E-state index in [0.29, 0.717) is 0 Å². The quantitative estimate of drug-likeness (QED) is 0.165. The Balaban J connectivity index is 1.94. The van der Waals surface area contributed by atoms with Crippen molar-refractivity contribution in [1.29, 1.82) is 0 Å². The molecule has 11 heteroatoms. The molecule has 180 valence electrons. The van der Waals surface area contributed by atoms with E-state index < -0.39 is 22.2 Å². The van der Waals surface area contributed by atoms with Crippen LogP contribution in [0.2, 0.25) is 0 Å². The number of alkyl halides is 3. The largest absolute Gasteiger partial charge is 0.473 e. The molecule has 0 saturated carbocycles. The first-order valence-corrected chi connectivity index (χ1v) is 10.3. The fourth-order valence-electron chi connectivity index (χ4n) is 3.43. The second kappa shape index (κ2) is 9.71. The molecule has 0 atom stereocenters. The number of hydrogen-bond acceptors (Lipinski definition) is 6. The zero-order valence-corrected chi connectivity index (χ0v) is 18.3. The molecule has 1 heterocycles. The molecule has 4 rings (SSSR count). The van der Waals surface area contributed by atoms with Crippen molar-refractivity contribution in [3.63, 3.8) is 0 Å². The summed E-state index contributed by atoms with van der Waals surface area (Å²) in [4.78, 5) is 28.4. The van der Waals surface area contributed by atoms with Crippen molar-refractivity contribution in [2.24, 2.45) is 5.10 Å². The van der Waals surface area contributed by atoms with E-state index in [9.17, 15) is 28.1 Å². The van der Waals surface area contributed by atoms with Crippen LogP contribution >= 0.6 is 0 Å². The first-order valence-electron chi connectivity index (χ1n) is 10.3. The molecule has 0 spiro atoms. The van der Waals surface area contributed by atoms with E-state index >= 15 is 0 Å². The molecule has 3 aromatic carbocycles. The molecule has 0 bridgehead atoms. The van der Waals surface area contributed by atoms with Crippen molar-refractivity contribution < 1.29 is 22.8 Å². The summed E-state index contributed by atoms with van der Waals surface area (Å²) in [5.74, 6) is 1.88. The normalized spacial score (nSPS) is 11.5. The lowest BCUT2D eigenvalue weighted by molar-refractivity contribution is -0.385. The Bertz CT molecular complexity index is 1600. The maximum absolute atomic E-state index is 13.3. The molecule has 0 saturated heterocycles. The Morgan fingerprint density at radius 3 is 2.61 bits per heavy atom. The van der Waals surface area contributed by atoms with Gasteiger partial charge in [0.2, 0.25) is 5.75 Å². The highest BCUT2D eigenvalue weighted by atomic mass is 19.4. The highest BCUT2D eigenvalue weighted by Crippen LogP contribution is 2.32. The van der Waals surface area contributed by atoms with Crippen LogP contribution in [0.25, 0.3) is 22.3 Å². The molecule has 4 aromatic rings. The predicted molar refractivity (Wildman–Crippen MR) is 127 cm³/mol. The van der Waals surface area contributed by atoms with Gasteiger partial charge >= 0.3 is 11.9 Å². The van der Waals surface area contributed by atoms with Gasteiger partial charge in [0.25, 0.3) is 5.56 Å². The number of ether oxygens (including phenoxy) is 1. The Labute approximate surface area is 201 Å². The van der Waals surface area contributed by atoms with Gasteiger partial charge in [-0.3, -0.25) is 14.9 Å². The van der Waals surface area contributed by atoms with Crippen LogP contribution in [0.1, 0.15) is 11.1 Å². The molecular formula is C25H15F3N4O4. The van der Waals surface area contributed by atoms with Gasteiger partial charge in [-0.15, -0.1) is 6.42 Å². The molecule has 0 aliphatic heterocycles. The molecule has 0 N–H and O–H groups in total. The number of para-hydroxylation sites is 2. The third kappa shape index (κ3) is 4.78. The van der Waals surface area contributed by atoms with Gasteiger partial charge in [-0.05, 0) is 30.3 Å². The van der Waals surface area contributed by atoms with Gasteiger partial charge in [0, 0.05) is 17.2 Å². The summed E-state index contributed by atoms with van der Waals surface area (Å²) in [6, 6.07) is 14.7. The summed E-state index contributed by atoms with van der Waals surface area (Å²) in [5, 5.41) is 15.8. The van der Waals surface area contributed by atoms with Gasteiger partial charge in [0.1, 0.15) is 6.61 Å². The number of terminal acetylenes is 1. The van der Waals surface area contributed by atoms with Gasteiger partial charge in [-0.25, -0.2) is 4.98 Å². The highest BCUT2D eigenvalue weighted by molar-refractivity contribution is 5.86. The molecule has 0 aliphatic rings. The molecule has 0 aliphatic carbocycles. The summed E-state index contributed by atoms with van der Waals surface area (Å²) < 4.78 is 46.2. The van der Waals surface area contributed by atoms with Crippen molar-refractivity contribution in [2.45, 2.75) is 6.18 Å². The lowest BCUT2D eigenvalue weighted by atomic mass is 10.1. The second-order valence-corrected chi connectivity index (χ2v) is 7.34. The van der Waals surface area contributed by atoms with E-state index in [4.69, 9.17) is 11.2 Å². The van der Waals surface area contributed by atoms with E-state index in [0.717, 1.165) is 23.0 Å². The van der Waals surface area contributed by atoms with E-state index in [1.165, 1.54) is 36.4 Å². The van der Waals surface area contributed by atoms with E-state index in [2.05, 4.69) is 16.0 Å². The smallest absolute Gasteiger partial charge is 0.416 e. The molecule has 0 amide bonds. The minimum absolute atomic E-state index is 0.00678. The Hall–Kier alpha value is -4.98. The van der Waals surface area contributed by atoms with Crippen molar-refractivity contribution in [3.05, 3.63) is 98.3 Å². The van der Waals surface area contributed by atoms with Gasteiger partial charge in [-0.2, -0.15) is 22.9 Å². The average Bonchev–Trinajstić information content (AvgIpc) is 2.86. The standard InChI is InChI=1S/C25H15F3N4O4/c1-2-13-36-22-17(8-6-12-21(22)32(34)35)15-29-31-23(16-7-5-9-18(14-16)25(26,27)28)30-20-11-4-3-10-19(20)24(31)33/h1,3-12,14-15H,13H2. The summed E-state index contributed by atoms with van der Waals surface area (Å²) >= 11 is 0. The van der Waals surface area contributed by atoms with Gasteiger partial charge in [-0.1, -0.05) is 36.3 Å². The van der Waals surface area contributed by atoms with Crippen LogP contribution < -0.4 is 10.3 Å².